The van der Waals surface area contributed by atoms with E-state index in [1.54, 1.807) is 47.5 Å². The van der Waals surface area contributed by atoms with Crippen molar-refractivity contribution in [3.8, 4) is 0 Å². The first-order chi connectivity index (χ1) is 15.4. The summed E-state index contributed by atoms with van der Waals surface area (Å²) in [6.07, 6.45) is 3.09. The zero-order valence-corrected chi connectivity index (χ0v) is 18.9. The second-order valence-corrected chi connectivity index (χ2v) is 7.89. The summed E-state index contributed by atoms with van der Waals surface area (Å²) in [6.45, 7) is 1.90. The van der Waals surface area contributed by atoms with E-state index < -0.39 is 0 Å². The smallest absolute Gasteiger partial charge is 0.251 e. The van der Waals surface area contributed by atoms with Crippen molar-refractivity contribution in [2.75, 3.05) is 19.0 Å². The third kappa shape index (κ3) is 5.67. The molecule has 0 fully saturated rings. The summed E-state index contributed by atoms with van der Waals surface area (Å²) < 4.78 is 0. The van der Waals surface area contributed by atoms with E-state index in [0.29, 0.717) is 22.9 Å². The van der Waals surface area contributed by atoms with Crippen LogP contribution in [0.5, 0.6) is 0 Å². The second kappa shape index (κ2) is 10.5. The van der Waals surface area contributed by atoms with Crippen LogP contribution >= 0.6 is 11.3 Å². The van der Waals surface area contributed by atoms with Crippen molar-refractivity contribution in [1.82, 2.24) is 15.2 Å². The number of aromatic nitrogens is 1. The molecule has 0 spiro atoms. The third-order valence-corrected chi connectivity index (χ3v) is 5.51. The van der Waals surface area contributed by atoms with Crippen LogP contribution in [0.2, 0.25) is 0 Å². The van der Waals surface area contributed by atoms with Gasteiger partial charge in [-0.2, -0.15) is 0 Å². The van der Waals surface area contributed by atoms with Crippen LogP contribution in [-0.4, -0.2) is 41.7 Å². The number of benzene rings is 2. The molecule has 3 rings (SSSR count). The van der Waals surface area contributed by atoms with Gasteiger partial charge in [0.1, 0.15) is 0 Å². The SMILES string of the molecule is CNC(=O)c1ccc(CN(C)C(=O)/C=C/c2csc(N(C(C)=O)c3ccccc3)n2)cc1. The Bertz CT molecular complexity index is 1120. The van der Waals surface area contributed by atoms with Crippen molar-refractivity contribution in [3.05, 3.63) is 82.9 Å². The minimum absolute atomic E-state index is 0.140. The second-order valence-electron chi connectivity index (χ2n) is 7.05. The summed E-state index contributed by atoms with van der Waals surface area (Å²) in [5, 5.41) is 4.92. The Labute approximate surface area is 191 Å². The summed E-state index contributed by atoms with van der Waals surface area (Å²) in [5.41, 5.74) is 2.82. The molecule has 2 aromatic carbocycles. The van der Waals surface area contributed by atoms with Gasteiger partial charge in [-0.15, -0.1) is 11.3 Å². The molecule has 8 heteroatoms. The Morgan fingerprint density at radius 3 is 2.38 bits per heavy atom. The molecule has 0 aliphatic rings. The number of thiazole rings is 1. The molecule has 7 nitrogen and oxygen atoms in total. The molecule has 164 valence electrons. The predicted molar refractivity (Wildman–Crippen MR) is 127 cm³/mol. The first-order valence-corrected chi connectivity index (χ1v) is 10.8. The van der Waals surface area contributed by atoms with Gasteiger partial charge in [0.15, 0.2) is 5.13 Å². The molecule has 0 radical (unpaired) electrons. The lowest BCUT2D eigenvalue weighted by Gasteiger charge is -2.17. The monoisotopic (exact) mass is 448 g/mol. The standard InChI is InChI=1S/C24H24N4O3S/c1-17(29)28(21-7-5-4-6-8-21)24-26-20(16-32-24)13-14-22(30)27(3)15-18-9-11-19(12-10-18)23(31)25-2/h4-14,16H,15H2,1-3H3,(H,25,31)/b14-13+. The van der Waals surface area contributed by atoms with E-state index in [1.165, 1.54) is 24.3 Å². The number of amides is 3. The Morgan fingerprint density at radius 2 is 1.75 bits per heavy atom. The highest BCUT2D eigenvalue weighted by atomic mass is 32.1. The molecule has 0 aliphatic heterocycles. The lowest BCUT2D eigenvalue weighted by atomic mass is 10.1. The van der Waals surface area contributed by atoms with E-state index in [0.717, 1.165) is 11.3 Å². The average Bonchev–Trinajstić information content (AvgIpc) is 3.26. The largest absolute Gasteiger partial charge is 0.355 e. The Kier molecular flexibility index (Phi) is 7.51. The van der Waals surface area contributed by atoms with Gasteiger partial charge in [-0.25, -0.2) is 4.98 Å². The van der Waals surface area contributed by atoms with Crippen LogP contribution in [0.25, 0.3) is 6.08 Å². The van der Waals surface area contributed by atoms with Crippen LogP contribution < -0.4 is 10.2 Å². The zero-order valence-electron chi connectivity index (χ0n) is 18.1. The topological polar surface area (TPSA) is 82.6 Å². The number of nitrogens with zero attached hydrogens (tertiary/aromatic N) is 3. The molecule has 0 saturated heterocycles. The van der Waals surface area contributed by atoms with Crippen molar-refractivity contribution in [2.24, 2.45) is 0 Å². The van der Waals surface area contributed by atoms with Crippen LogP contribution in [0, 0.1) is 0 Å². The van der Waals surface area contributed by atoms with Gasteiger partial charge < -0.3 is 10.2 Å². The van der Waals surface area contributed by atoms with Gasteiger partial charge >= 0.3 is 0 Å². The summed E-state index contributed by atoms with van der Waals surface area (Å²) in [6, 6.07) is 16.4. The van der Waals surface area contributed by atoms with Gasteiger partial charge in [0.05, 0.1) is 11.4 Å². The number of rotatable bonds is 7. The molecule has 0 aliphatic carbocycles. The summed E-state index contributed by atoms with van der Waals surface area (Å²) >= 11 is 1.33. The van der Waals surface area contributed by atoms with Crippen molar-refractivity contribution >= 4 is 46.0 Å². The number of anilines is 2. The number of hydrogen-bond donors (Lipinski definition) is 1. The Balaban J connectivity index is 1.65. The van der Waals surface area contributed by atoms with Crippen molar-refractivity contribution in [2.45, 2.75) is 13.5 Å². The number of hydrogen-bond acceptors (Lipinski definition) is 5. The van der Waals surface area contributed by atoms with Crippen LogP contribution in [-0.2, 0) is 16.1 Å². The molecule has 3 aromatic rings. The van der Waals surface area contributed by atoms with Crippen molar-refractivity contribution in [1.29, 1.82) is 0 Å². The van der Waals surface area contributed by atoms with E-state index in [4.69, 9.17) is 0 Å². The summed E-state index contributed by atoms with van der Waals surface area (Å²) in [5.74, 6) is -0.470. The lowest BCUT2D eigenvalue weighted by Crippen LogP contribution is -2.24. The summed E-state index contributed by atoms with van der Waals surface area (Å²) in [7, 11) is 3.29. The molecule has 3 amide bonds. The normalized spacial score (nSPS) is 10.7. The van der Waals surface area contributed by atoms with Gasteiger partial charge in [0.25, 0.3) is 5.91 Å². The zero-order chi connectivity index (χ0) is 23.1. The van der Waals surface area contributed by atoms with Crippen molar-refractivity contribution in [3.63, 3.8) is 0 Å². The molecule has 0 unspecified atom stereocenters. The molecule has 1 heterocycles. The highest BCUT2D eigenvalue weighted by molar-refractivity contribution is 7.14. The molecule has 0 saturated carbocycles. The molecule has 32 heavy (non-hydrogen) atoms. The summed E-state index contributed by atoms with van der Waals surface area (Å²) in [4.78, 5) is 43.9. The number of nitrogens with one attached hydrogen (secondary N) is 1. The number of carbonyl (C=O) groups is 3. The lowest BCUT2D eigenvalue weighted by molar-refractivity contribution is -0.125. The molecule has 1 aromatic heterocycles. The van der Waals surface area contributed by atoms with Crippen LogP contribution in [0.15, 0.2) is 66.1 Å². The van der Waals surface area contributed by atoms with E-state index >= 15 is 0 Å². The quantitative estimate of drug-likeness (QED) is 0.557. The molecular formula is C24H24N4O3S. The fourth-order valence-corrected chi connectivity index (χ4v) is 3.86. The van der Waals surface area contributed by atoms with E-state index in [2.05, 4.69) is 10.3 Å². The number of likely N-dealkylation sites (N-methyl/N-ethyl adjacent to an activating group) is 1. The number of para-hydroxylation sites is 1. The Morgan fingerprint density at radius 1 is 1.06 bits per heavy atom. The molecule has 1 N–H and O–H groups in total. The van der Waals surface area contributed by atoms with Gasteiger partial charge in [-0.05, 0) is 35.9 Å². The van der Waals surface area contributed by atoms with Gasteiger partial charge in [0, 0.05) is 44.6 Å². The fourth-order valence-electron chi connectivity index (χ4n) is 3.00. The molecular weight excluding hydrogens is 424 g/mol. The van der Waals surface area contributed by atoms with Crippen LogP contribution in [0.1, 0.15) is 28.5 Å². The van der Waals surface area contributed by atoms with Gasteiger partial charge in [-0.1, -0.05) is 30.3 Å². The molecule has 0 bridgehead atoms. The van der Waals surface area contributed by atoms with E-state index in [9.17, 15) is 14.4 Å². The minimum atomic E-state index is -0.179. The van der Waals surface area contributed by atoms with Gasteiger partial charge in [0.2, 0.25) is 11.8 Å². The fraction of sp³-hybridized carbons (Fsp3) is 0.167. The van der Waals surface area contributed by atoms with Crippen LogP contribution in [0.3, 0.4) is 0 Å². The maximum atomic E-state index is 12.5. The first kappa shape index (κ1) is 22.9. The highest BCUT2D eigenvalue weighted by Gasteiger charge is 2.17. The molecule has 0 atom stereocenters. The van der Waals surface area contributed by atoms with Gasteiger partial charge in [-0.3, -0.25) is 19.3 Å². The Hall–Kier alpha value is -3.78. The highest BCUT2D eigenvalue weighted by Crippen LogP contribution is 2.29. The maximum absolute atomic E-state index is 12.5. The van der Waals surface area contributed by atoms with Crippen LogP contribution in [0.4, 0.5) is 10.8 Å². The average molecular weight is 449 g/mol. The van der Waals surface area contributed by atoms with E-state index in [-0.39, 0.29) is 17.7 Å². The maximum Gasteiger partial charge on any atom is 0.251 e. The minimum Gasteiger partial charge on any atom is -0.355 e. The van der Waals surface area contributed by atoms with Crippen molar-refractivity contribution < 1.29 is 14.4 Å². The van der Waals surface area contributed by atoms with E-state index in [1.807, 2.05) is 42.5 Å². The third-order valence-electron chi connectivity index (χ3n) is 4.67. The number of carbonyl (C=O) groups excluding carboxylic acids is 3. The first-order valence-electron chi connectivity index (χ1n) is 9.94. The predicted octanol–water partition coefficient (Wildman–Crippen LogP) is 3.86.